The lowest BCUT2D eigenvalue weighted by Gasteiger charge is -2.08. The lowest BCUT2D eigenvalue weighted by Crippen LogP contribution is -2.14. The number of nitrogens with one attached hydrogen (secondary N) is 1. The van der Waals surface area contributed by atoms with Crippen LogP contribution in [0.4, 0.5) is 5.69 Å². The van der Waals surface area contributed by atoms with Crippen LogP contribution < -0.4 is 5.32 Å². The van der Waals surface area contributed by atoms with E-state index in [-0.39, 0.29) is 11.7 Å². The van der Waals surface area contributed by atoms with Gasteiger partial charge in [0.15, 0.2) is 10.8 Å². The predicted octanol–water partition coefficient (Wildman–Crippen LogP) is 4.23. The summed E-state index contributed by atoms with van der Waals surface area (Å²) in [5, 5.41) is 13.3. The highest BCUT2D eigenvalue weighted by Gasteiger charge is 2.13. The number of benzene rings is 2. The quantitative estimate of drug-likeness (QED) is 0.552. The maximum Gasteiger partial charge on any atom is 0.234 e. The number of anilines is 1. The zero-order chi connectivity index (χ0) is 18.1. The molecule has 5 nitrogen and oxygen atoms in total. The molecule has 26 heavy (non-hydrogen) atoms. The average Bonchev–Trinajstić information content (AvgIpc) is 3.03. The fourth-order valence-electron chi connectivity index (χ4n) is 3.02. The van der Waals surface area contributed by atoms with Crippen molar-refractivity contribution < 1.29 is 4.79 Å². The lowest BCUT2D eigenvalue weighted by atomic mass is 10.1. The van der Waals surface area contributed by atoms with E-state index in [9.17, 15) is 4.79 Å². The van der Waals surface area contributed by atoms with Crippen LogP contribution in [0.15, 0.2) is 59.8 Å². The van der Waals surface area contributed by atoms with Crippen molar-refractivity contribution in [2.45, 2.75) is 19.0 Å². The molecule has 0 unspecified atom stereocenters. The minimum Gasteiger partial charge on any atom is -0.325 e. The van der Waals surface area contributed by atoms with Gasteiger partial charge in [-0.05, 0) is 49.2 Å². The molecule has 130 valence electrons. The Labute approximate surface area is 155 Å². The van der Waals surface area contributed by atoms with Crippen molar-refractivity contribution in [3.8, 4) is 0 Å². The molecule has 0 bridgehead atoms. The van der Waals surface area contributed by atoms with Crippen LogP contribution in [0.5, 0.6) is 0 Å². The Morgan fingerprint density at radius 2 is 1.92 bits per heavy atom. The second-order valence-electron chi connectivity index (χ2n) is 6.23. The topological polar surface area (TPSA) is 59.3 Å². The standard InChI is InChI=1S/C20H18N4OS/c1-13-6-5-7-15(10-13)21-19(25)12-26-20-23-22-18-11-14(2)16-8-3-4-9-17(16)24(18)20/h3-11H,12H2,1-2H3,(H,21,25). The van der Waals surface area contributed by atoms with Crippen molar-refractivity contribution in [3.63, 3.8) is 0 Å². The molecule has 0 fully saturated rings. The number of aromatic nitrogens is 3. The molecular weight excluding hydrogens is 344 g/mol. The molecule has 0 radical (unpaired) electrons. The Balaban J connectivity index is 1.58. The van der Waals surface area contributed by atoms with Gasteiger partial charge in [0.2, 0.25) is 5.91 Å². The second kappa shape index (κ2) is 6.80. The van der Waals surface area contributed by atoms with Crippen molar-refractivity contribution in [3.05, 3.63) is 65.7 Å². The zero-order valence-corrected chi connectivity index (χ0v) is 15.4. The Morgan fingerprint density at radius 3 is 2.77 bits per heavy atom. The van der Waals surface area contributed by atoms with Crippen LogP contribution in [-0.2, 0) is 4.79 Å². The van der Waals surface area contributed by atoms with Gasteiger partial charge in [0.1, 0.15) is 0 Å². The van der Waals surface area contributed by atoms with Crippen molar-refractivity contribution in [2.24, 2.45) is 0 Å². The van der Waals surface area contributed by atoms with E-state index in [1.54, 1.807) is 0 Å². The highest BCUT2D eigenvalue weighted by atomic mass is 32.2. The number of hydrogen-bond acceptors (Lipinski definition) is 4. The van der Waals surface area contributed by atoms with Gasteiger partial charge < -0.3 is 5.32 Å². The van der Waals surface area contributed by atoms with Gasteiger partial charge in [-0.15, -0.1) is 10.2 Å². The van der Waals surface area contributed by atoms with Crippen molar-refractivity contribution in [1.29, 1.82) is 0 Å². The molecule has 2 aromatic carbocycles. The highest BCUT2D eigenvalue weighted by molar-refractivity contribution is 7.99. The van der Waals surface area contributed by atoms with Crippen LogP contribution in [0.2, 0.25) is 0 Å². The third kappa shape index (κ3) is 3.15. The number of pyridine rings is 1. The van der Waals surface area contributed by atoms with Crippen LogP contribution in [-0.4, -0.2) is 26.3 Å². The molecule has 0 atom stereocenters. The molecule has 0 saturated heterocycles. The number of hydrogen-bond donors (Lipinski definition) is 1. The summed E-state index contributed by atoms with van der Waals surface area (Å²) in [4.78, 5) is 12.3. The normalized spacial score (nSPS) is 11.2. The summed E-state index contributed by atoms with van der Waals surface area (Å²) in [6, 6.07) is 17.9. The van der Waals surface area contributed by atoms with Gasteiger partial charge >= 0.3 is 0 Å². The van der Waals surface area contributed by atoms with E-state index < -0.39 is 0 Å². The van der Waals surface area contributed by atoms with E-state index in [4.69, 9.17) is 0 Å². The number of para-hydroxylation sites is 1. The summed E-state index contributed by atoms with van der Waals surface area (Å²) in [7, 11) is 0. The van der Waals surface area contributed by atoms with Crippen molar-refractivity contribution >= 4 is 39.9 Å². The molecule has 1 N–H and O–H groups in total. The number of nitrogens with zero attached hydrogens (tertiary/aromatic N) is 3. The van der Waals surface area contributed by atoms with Crippen LogP contribution in [0.3, 0.4) is 0 Å². The van der Waals surface area contributed by atoms with Gasteiger partial charge in [0.05, 0.1) is 11.3 Å². The van der Waals surface area contributed by atoms with Gasteiger partial charge in [-0.2, -0.15) is 0 Å². The fraction of sp³-hybridized carbons (Fsp3) is 0.150. The Morgan fingerprint density at radius 1 is 1.08 bits per heavy atom. The Hall–Kier alpha value is -2.86. The van der Waals surface area contributed by atoms with Crippen LogP contribution in [0.1, 0.15) is 11.1 Å². The second-order valence-corrected chi connectivity index (χ2v) is 7.17. The molecule has 4 rings (SSSR count). The summed E-state index contributed by atoms with van der Waals surface area (Å²) in [6.07, 6.45) is 0. The molecule has 6 heteroatoms. The Kier molecular flexibility index (Phi) is 4.34. The summed E-state index contributed by atoms with van der Waals surface area (Å²) >= 11 is 1.39. The van der Waals surface area contributed by atoms with Gasteiger partial charge in [0, 0.05) is 11.1 Å². The molecule has 1 amide bonds. The van der Waals surface area contributed by atoms with Gasteiger partial charge in [-0.25, -0.2) is 0 Å². The number of aryl methyl sites for hydroxylation is 2. The molecule has 0 saturated carbocycles. The van der Waals surface area contributed by atoms with Gasteiger partial charge in [0.25, 0.3) is 0 Å². The number of fused-ring (bicyclic) bond motifs is 3. The van der Waals surface area contributed by atoms with E-state index in [0.29, 0.717) is 0 Å². The number of rotatable bonds is 4. The fourth-order valence-corrected chi connectivity index (χ4v) is 3.77. The number of amides is 1. The number of thioether (sulfide) groups is 1. The average molecular weight is 362 g/mol. The molecule has 0 aliphatic heterocycles. The van der Waals surface area contributed by atoms with E-state index in [0.717, 1.165) is 38.5 Å². The van der Waals surface area contributed by atoms with Gasteiger partial charge in [-0.3, -0.25) is 9.20 Å². The first-order chi connectivity index (χ1) is 12.6. The SMILES string of the molecule is Cc1cccc(NC(=O)CSc2nnc3cc(C)c4ccccc4n23)c1. The molecule has 0 aliphatic rings. The van der Waals surface area contributed by atoms with Crippen LogP contribution in [0, 0.1) is 13.8 Å². The summed E-state index contributed by atoms with van der Waals surface area (Å²) in [6.45, 7) is 4.07. The summed E-state index contributed by atoms with van der Waals surface area (Å²) in [5.74, 6) is 0.213. The first-order valence-electron chi connectivity index (χ1n) is 8.34. The number of carbonyl (C=O) groups is 1. The maximum absolute atomic E-state index is 12.3. The highest BCUT2D eigenvalue weighted by Crippen LogP contribution is 2.25. The smallest absolute Gasteiger partial charge is 0.234 e. The lowest BCUT2D eigenvalue weighted by molar-refractivity contribution is -0.113. The van der Waals surface area contributed by atoms with E-state index in [1.165, 1.54) is 11.8 Å². The molecule has 0 spiro atoms. The van der Waals surface area contributed by atoms with E-state index in [1.807, 2.05) is 53.8 Å². The van der Waals surface area contributed by atoms with Gasteiger partial charge in [-0.1, -0.05) is 42.1 Å². The number of carbonyl (C=O) groups excluding carboxylic acids is 1. The minimum absolute atomic E-state index is 0.0613. The first kappa shape index (κ1) is 16.6. The first-order valence-corrected chi connectivity index (χ1v) is 9.33. The van der Waals surface area contributed by atoms with Crippen molar-refractivity contribution in [2.75, 3.05) is 11.1 Å². The van der Waals surface area contributed by atoms with Crippen molar-refractivity contribution in [1.82, 2.24) is 14.6 Å². The third-order valence-corrected chi connectivity index (χ3v) is 5.14. The molecule has 2 heterocycles. The largest absolute Gasteiger partial charge is 0.325 e. The Bertz CT molecular complexity index is 1120. The predicted molar refractivity (Wildman–Crippen MR) is 106 cm³/mol. The zero-order valence-electron chi connectivity index (χ0n) is 14.6. The summed E-state index contributed by atoms with van der Waals surface area (Å²) < 4.78 is 2.01. The minimum atomic E-state index is -0.0613. The van der Waals surface area contributed by atoms with Crippen LogP contribution >= 0.6 is 11.8 Å². The molecule has 0 aliphatic carbocycles. The molecule has 4 aromatic rings. The third-order valence-electron chi connectivity index (χ3n) is 4.21. The molecular formula is C20H18N4OS. The maximum atomic E-state index is 12.3. The van der Waals surface area contributed by atoms with Crippen LogP contribution in [0.25, 0.3) is 16.6 Å². The monoisotopic (exact) mass is 362 g/mol. The molecule has 2 aromatic heterocycles. The van der Waals surface area contributed by atoms with E-state index >= 15 is 0 Å². The summed E-state index contributed by atoms with van der Waals surface area (Å²) in [5.41, 5.74) is 4.93. The van der Waals surface area contributed by atoms with E-state index in [2.05, 4.69) is 34.6 Å².